The molecule has 2 aromatic rings. The highest BCUT2D eigenvalue weighted by atomic mass is 16.5. The Kier molecular flexibility index (Phi) is 7.25. The number of carbonyl (C=O) groups excluding carboxylic acids is 1. The Labute approximate surface area is 166 Å². The molecule has 1 saturated heterocycles. The predicted molar refractivity (Wildman–Crippen MR) is 108 cm³/mol. The standard InChI is InChI=1S/C22H29N3O3/c1-3-27-20-8-6-19(7-9-20)17(2)24-22(26)25-13-10-21(11-14-25)28-16-18-5-4-12-23-15-18/h4-9,12,15,17,21H,3,10-11,13-14,16H2,1-2H3,(H,24,26)/t17-/m0/s1. The number of pyridine rings is 1. The van der Waals surface area contributed by atoms with Crippen molar-refractivity contribution in [3.05, 3.63) is 59.9 Å². The van der Waals surface area contributed by atoms with E-state index in [1.165, 1.54) is 0 Å². The van der Waals surface area contributed by atoms with Gasteiger partial charge in [-0.25, -0.2) is 4.79 Å². The van der Waals surface area contributed by atoms with Crippen LogP contribution >= 0.6 is 0 Å². The van der Waals surface area contributed by atoms with Crippen LogP contribution in [0.25, 0.3) is 0 Å². The molecule has 28 heavy (non-hydrogen) atoms. The molecule has 0 bridgehead atoms. The normalized spacial score (nSPS) is 15.9. The average molecular weight is 383 g/mol. The first-order valence-corrected chi connectivity index (χ1v) is 9.94. The summed E-state index contributed by atoms with van der Waals surface area (Å²) < 4.78 is 11.4. The zero-order chi connectivity index (χ0) is 19.8. The zero-order valence-corrected chi connectivity index (χ0v) is 16.6. The van der Waals surface area contributed by atoms with Gasteiger partial charge in [-0.05, 0) is 56.0 Å². The van der Waals surface area contributed by atoms with Gasteiger partial charge in [0, 0.05) is 25.5 Å². The number of amides is 2. The number of aromatic nitrogens is 1. The third-order valence-electron chi connectivity index (χ3n) is 4.97. The molecule has 6 nitrogen and oxygen atoms in total. The van der Waals surface area contributed by atoms with Crippen LogP contribution in [-0.4, -0.2) is 41.7 Å². The van der Waals surface area contributed by atoms with Crippen LogP contribution in [0.1, 0.15) is 43.9 Å². The molecule has 1 fully saturated rings. The molecule has 1 atom stereocenters. The fraction of sp³-hybridized carbons (Fsp3) is 0.455. The van der Waals surface area contributed by atoms with Gasteiger partial charge in [-0.15, -0.1) is 0 Å². The second-order valence-electron chi connectivity index (χ2n) is 7.03. The van der Waals surface area contributed by atoms with E-state index in [-0.39, 0.29) is 18.2 Å². The van der Waals surface area contributed by atoms with Gasteiger partial charge in [0.1, 0.15) is 5.75 Å². The number of piperidine rings is 1. The summed E-state index contributed by atoms with van der Waals surface area (Å²) in [4.78, 5) is 18.6. The first-order chi connectivity index (χ1) is 13.7. The lowest BCUT2D eigenvalue weighted by Crippen LogP contribution is -2.46. The molecule has 0 saturated carbocycles. The van der Waals surface area contributed by atoms with Crippen LogP contribution in [0.5, 0.6) is 5.75 Å². The van der Waals surface area contributed by atoms with E-state index in [1.54, 1.807) is 6.20 Å². The van der Waals surface area contributed by atoms with E-state index >= 15 is 0 Å². The first kappa shape index (κ1) is 20.1. The van der Waals surface area contributed by atoms with Crippen molar-refractivity contribution in [1.29, 1.82) is 0 Å². The van der Waals surface area contributed by atoms with Crippen molar-refractivity contribution in [3.8, 4) is 5.75 Å². The summed E-state index contributed by atoms with van der Waals surface area (Å²) in [6.45, 7) is 6.59. The lowest BCUT2D eigenvalue weighted by atomic mass is 10.1. The fourth-order valence-electron chi connectivity index (χ4n) is 3.30. The summed E-state index contributed by atoms with van der Waals surface area (Å²) in [7, 11) is 0. The van der Waals surface area contributed by atoms with E-state index in [0.717, 1.165) is 29.7 Å². The predicted octanol–water partition coefficient (Wildman–Crippen LogP) is 3.93. The van der Waals surface area contributed by atoms with E-state index in [1.807, 2.05) is 61.3 Å². The number of nitrogens with zero attached hydrogens (tertiary/aromatic N) is 2. The second kappa shape index (κ2) is 10.1. The van der Waals surface area contributed by atoms with Crippen LogP contribution in [0.15, 0.2) is 48.8 Å². The second-order valence-corrected chi connectivity index (χ2v) is 7.03. The summed E-state index contributed by atoms with van der Waals surface area (Å²) in [5.41, 5.74) is 2.14. The molecule has 6 heteroatoms. The van der Waals surface area contributed by atoms with E-state index < -0.39 is 0 Å². The number of nitrogens with one attached hydrogen (secondary N) is 1. The van der Waals surface area contributed by atoms with Crippen molar-refractivity contribution in [1.82, 2.24) is 15.2 Å². The highest BCUT2D eigenvalue weighted by Gasteiger charge is 2.24. The number of urea groups is 1. The Morgan fingerprint density at radius 2 is 2.00 bits per heavy atom. The van der Waals surface area contributed by atoms with Gasteiger partial charge in [0.2, 0.25) is 0 Å². The van der Waals surface area contributed by atoms with Crippen molar-refractivity contribution in [2.75, 3.05) is 19.7 Å². The molecule has 1 aliphatic heterocycles. The number of likely N-dealkylation sites (tertiary alicyclic amines) is 1. The molecular formula is C22H29N3O3. The number of rotatable bonds is 7. The summed E-state index contributed by atoms with van der Waals surface area (Å²) in [6, 6.07) is 11.7. The van der Waals surface area contributed by atoms with Gasteiger partial charge in [-0.3, -0.25) is 4.98 Å². The van der Waals surface area contributed by atoms with Crippen LogP contribution in [0, 0.1) is 0 Å². The van der Waals surface area contributed by atoms with Crippen molar-refractivity contribution in [3.63, 3.8) is 0 Å². The third kappa shape index (κ3) is 5.70. The number of ether oxygens (including phenoxy) is 2. The van der Waals surface area contributed by atoms with Crippen LogP contribution < -0.4 is 10.1 Å². The monoisotopic (exact) mass is 383 g/mol. The number of benzene rings is 1. The van der Waals surface area contributed by atoms with Gasteiger partial charge in [0.15, 0.2) is 0 Å². The van der Waals surface area contributed by atoms with E-state index in [2.05, 4.69) is 10.3 Å². The molecule has 0 unspecified atom stereocenters. The molecule has 150 valence electrons. The Bertz CT molecular complexity index is 728. The summed E-state index contributed by atoms with van der Waals surface area (Å²) in [5.74, 6) is 0.845. The third-order valence-corrected chi connectivity index (χ3v) is 4.97. The smallest absolute Gasteiger partial charge is 0.317 e. The van der Waals surface area contributed by atoms with Crippen molar-refractivity contribution < 1.29 is 14.3 Å². The quantitative estimate of drug-likeness (QED) is 0.787. The summed E-state index contributed by atoms with van der Waals surface area (Å²) in [6.07, 6.45) is 5.48. The van der Waals surface area contributed by atoms with Gasteiger partial charge < -0.3 is 19.7 Å². The molecular weight excluding hydrogens is 354 g/mol. The molecule has 1 aromatic carbocycles. The number of carbonyl (C=O) groups is 1. The molecule has 2 heterocycles. The summed E-state index contributed by atoms with van der Waals surface area (Å²) in [5, 5.41) is 3.09. The fourth-order valence-corrected chi connectivity index (χ4v) is 3.30. The Hall–Kier alpha value is -2.60. The average Bonchev–Trinajstić information content (AvgIpc) is 2.74. The van der Waals surface area contributed by atoms with Gasteiger partial charge in [0.25, 0.3) is 0 Å². The van der Waals surface area contributed by atoms with E-state index in [9.17, 15) is 4.79 Å². The van der Waals surface area contributed by atoms with E-state index in [0.29, 0.717) is 26.3 Å². The molecule has 3 rings (SSSR count). The van der Waals surface area contributed by atoms with Gasteiger partial charge >= 0.3 is 6.03 Å². The number of hydrogen-bond donors (Lipinski definition) is 1. The highest BCUT2D eigenvalue weighted by Crippen LogP contribution is 2.19. The minimum absolute atomic E-state index is 0.0212. The van der Waals surface area contributed by atoms with Gasteiger partial charge in [0.05, 0.1) is 25.4 Å². The minimum Gasteiger partial charge on any atom is -0.494 e. The molecule has 0 aliphatic carbocycles. The van der Waals surface area contributed by atoms with Crippen LogP contribution in [0.2, 0.25) is 0 Å². The van der Waals surface area contributed by atoms with Crippen molar-refractivity contribution in [2.45, 2.75) is 45.4 Å². The molecule has 0 radical (unpaired) electrons. The Morgan fingerprint density at radius 3 is 2.64 bits per heavy atom. The highest BCUT2D eigenvalue weighted by molar-refractivity contribution is 5.74. The van der Waals surface area contributed by atoms with Gasteiger partial charge in [-0.2, -0.15) is 0 Å². The maximum atomic E-state index is 12.6. The lowest BCUT2D eigenvalue weighted by molar-refractivity contribution is 0.00421. The van der Waals surface area contributed by atoms with Crippen molar-refractivity contribution in [2.24, 2.45) is 0 Å². The maximum absolute atomic E-state index is 12.6. The molecule has 2 amide bonds. The zero-order valence-electron chi connectivity index (χ0n) is 16.6. The first-order valence-electron chi connectivity index (χ1n) is 9.94. The maximum Gasteiger partial charge on any atom is 0.317 e. The number of hydrogen-bond acceptors (Lipinski definition) is 4. The van der Waals surface area contributed by atoms with Gasteiger partial charge in [-0.1, -0.05) is 18.2 Å². The summed E-state index contributed by atoms with van der Waals surface area (Å²) >= 11 is 0. The largest absolute Gasteiger partial charge is 0.494 e. The van der Waals surface area contributed by atoms with Crippen molar-refractivity contribution >= 4 is 6.03 Å². The SMILES string of the molecule is CCOc1ccc([C@H](C)NC(=O)N2CCC(OCc3cccnc3)CC2)cc1. The lowest BCUT2D eigenvalue weighted by Gasteiger charge is -2.32. The minimum atomic E-state index is -0.0530. The Morgan fingerprint density at radius 1 is 1.25 bits per heavy atom. The van der Waals surface area contributed by atoms with Crippen LogP contribution in [-0.2, 0) is 11.3 Å². The molecule has 0 spiro atoms. The molecule has 1 aliphatic rings. The van der Waals surface area contributed by atoms with E-state index in [4.69, 9.17) is 9.47 Å². The molecule has 1 N–H and O–H groups in total. The van der Waals surface area contributed by atoms with Crippen LogP contribution in [0.4, 0.5) is 4.79 Å². The molecule has 1 aromatic heterocycles. The Balaban J connectivity index is 1.41. The topological polar surface area (TPSA) is 63.7 Å². The van der Waals surface area contributed by atoms with Crippen LogP contribution in [0.3, 0.4) is 0 Å².